The number of halogens is 5. The summed E-state index contributed by atoms with van der Waals surface area (Å²) in [5.41, 5.74) is -1.03. The number of anilines is 1. The number of hydrogen-bond donors (Lipinski definition) is 0. The van der Waals surface area contributed by atoms with Crippen LogP contribution < -0.4 is 4.90 Å². The molecule has 0 bridgehead atoms. The van der Waals surface area contributed by atoms with E-state index in [1.54, 1.807) is 0 Å². The highest BCUT2D eigenvalue weighted by atomic mass is 19.4. The standard InChI is InChI=1S/C18H18F5N5/c19-14-7-24-8-15(20)13(14)10-27-6-4-12(9-27)28(11-1-2-11)17-25-5-3-16(26-17)18(21,22)23/h3,5,7-8,11-12H,1-2,4,6,9-10H2. The van der Waals surface area contributed by atoms with Crippen molar-refractivity contribution in [2.45, 2.75) is 44.1 Å². The molecule has 1 saturated carbocycles. The minimum absolute atomic E-state index is 0.0519. The maximum absolute atomic E-state index is 13.9. The van der Waals surface area contributed by atoms with Crippen molar-refractivity contribution < 1.29 is 22.0 Å². The molecule has 5 nitrogen and oxygen atoms in total. The van der Waals surface area contributed by atoms with Crippen molar-refractivity contribution in [1.29, 1.82) is 0 Å². The van der Waals surface area contributed by atoms with Gasteiger partial charge in [-0.05, 0) is 25.3 Å². The van der Waals surface area contributed by atoms with Crippen LogP contribution in [0.4, 0.5) is 27.9 Å². The van der Waals surface area contributed by atoms with E-state index in [1.165, 1.54) is 0 Å². The first-order chi connectivity index (χ1) is 13.3. The molecule has 0 amide bonds. The Morgan fingerprint density at radius 3 is 2.43 bits per heavy atom. The molecule has 0 N–H and O–H groups in total. The zero-order valence-electron chi connectivity index (χ0n) is 14.8. The van der Waals surface area contributed by atoms with E-state index in [2.05, 4.69) is 15.0 Å². The smallest absolute Gasteiger partial charge is 0.334 e. The van der Waals surface area contributed by atoms with Gasteiger partial charge in [-0.25, -0.2) is 18.7 Å². The van der Waals surface area contributed by atoms with Crippen LogP contribution in [0.15, 0.2) is 24.7 Å². The Kier molecular flexibility index (Phi) is 4.90. The minimum atomic E-state index is -4.54. The Bertz CT molecular complexity index is 834. The van der Waals surface area contributed by atoms with Gasteiger partial charge in [0, 0.05) is 43.5 Å². The molecule has 1 atom stereocenters. The van der Waals surface area contributed by atoms with Crippen molar-refractivity contribution in [1.82, 2.24) is 19.9 Å². The lowest BCUT2D eigenvalue weighted by Gasteiger charge is -2.29. The van der Waals surface area contributed by atoms with E-state index < -0.39 is 23.5 Å². The minimum Gasteiger partial charge on any atom is -0.334 e. The average molecular weight is 399 g/mol. The second-order valence-electron chi connectivity index (χ2n) is 7.14. The molecule has 0 aromatic carbocycles. The van der Waals surface area contributed by atoms with Gasteiger partial charge in [0.15, 0.2) is 0 Å². The lowest BCUT2D eigenvalue weighted by molar-refractivity contribution is -0.141. The van der Waals surface area contributed by atoms with E-state index in [9.17, 15) is 22.0 Å². The highest BCUT2D eigenvalue weighted by Gasteiger charge is 2.40. The number of pyridine rings is 1. The van der Waals surface area contributed by atoms with Crippen molar-refractivity contribution >= 4 is 5.95 Å². The van der Waals surface area contributed by atoms with Gasteiger partial charge in [0.2, 0.25) is 5.95 Å². The van der Waals surface area contributed by atoms with Crippen LogP contribution in [0, 0.1) is 11.6 Å². The molecule has 2 aliphatic rings. The average Bonchev–Trinajstić information content (AvgIpc) is 3.36. The van der Waals surface area contributed by atoms with Crippen molar-refractivity contribution in [2.75, 3.05) is 18.0 Å². The molecule has 3 heterocycles. The lowest BCUT2D eigenvalue weighted by Crippen LogP contribution is -2.40. The van der Waals surface area contributed by atoms with Crippen LogP contribution in [0.1, 0.15) is 30.5 Å². The molecule has 2 aromatic heterocycles. The molecule has 1 aliphatic carbocycles. The van der Waals surface area contributed by atoms with Crippen LogP contribution in [-0.2, 0) is 12.7 Å². The first-order valence-electron chi connectivity index (χ1n) is 9.01. The molecule has 4 rings (SSSR count). The van der Waals surface area contributed by atoms with Gasteiger partial charge in [-0.15, -0.1) is 0 Å². The lowest BCUT2D eigenvalue weighted by atomic mass is 10.2. The number of nitrogens with zero attached hydrogens (tertiary/aromatic N) is 5. The molecule has 150 valence electrons. The van der Waals surface area contributed by atoms with E-state index in [4.69, 9.17) is 0 Å². The summed E-state index contributed by atoms with van der Waals surface area (Å²) < 4.78 is 66.7. The van der Waals surface area contributed by atoms with Crippen LogP contribution in [0.5, 0.6) is 0 Å². The number of rotatable bonds is 5. The first-order valence-corrected chi connectivity index (χ1v) is 9.01. The number of likely N-dealkylation sites (tertiary alicyclic amines) is 1. The fraction of sp³-hybridized carbons (Fsp3) is 0.500. The summed E-state index contributed by atoms with van der Waals surface area (Å²) in [6, 6.07) is 0.844. The number of hydrogen-bond acceptors (Lipinski definition) is 5. The van der Waals surface area contributed by atoms with Crippen molar-refractivity contribution in [2.24, 2.45) is 0 Å². The van der Waals surface area contributed by atoms with E-state index in [0.717, 1.165) is 37.5 Å². The third-order valence-corrected chi connectivity index (χ3v) is 5.08. The van der Waals surface area contributed by atoms with E-state index in [1.807, 2.05) is 9.80 Å². The molecule has 1 unspecified atom stereocenters. The maximum Gasteiger partial charge on any atom is 0.433 e. The van der Waals surface area contributed by atoms with Gasteiger partial charge in [0.25, 0.3) is 0 Å². The largest absolute Gasteiger partial charge is 0.433 e. The Morgan fingerprint density at radius 2 is 1.79 bits per heavy atom. The van der Waals surface area contributed by atoms with Gasteiger partial charge in [0.05, 0.1) is 12.4 Å². The van der Waals surface area contributed by atoms with Gasteiger partial charge in [-0.2, -0.15) is 13.2 Å². The summed E-state index contributed by atoms with van der Waals surface area (Å²) in [6.45, 7) is 1.13. The molecule has 0 radical (unpaired) electrons. The second kappa shape index (κ2) is 7.23. The maximum atomic E-state index is 13.9. The Balaban J connectivity index is 1.51. The second-order valence-corrected chi connectivity index (χ2v) is 7.14. The SMILES string of the molecule is Fc1cncc(F)c1CN1CCC(N(c2nccc(C(F)(F)F)n2)C2CC2)C1. The van der Waals surface area contributed by atoms with Crippen LogP contribution in [0.25, 0.3) is 0 Å². The zero-order valence-corrected chi connectivity index (χ0v) is 14.8. The van der Waals surface area contributed by atoms with Crippen LogP contribution in [-0.4, -0.2) is 45.0 Å². The van der Waals surface area contributed by atoms with Crippen LogP contribution in [0.3, 0.4) is 0 Å². The summed E-state index contributed by atoms with van der Waals surface area (Å²) in [7, 11) is 0. The summed E-state index contributed by atoms with van der Waals surface area (Å²) >= 11 is 0. The summed E-state index contributed by atoms with van der Waals surface area (Å²) in [6.07, 6.45) is 0.912. The quantitative estimate of drug-likeness (QED) is 0.721. The van der Waals surface area contributed by atoms with E-state index in [0.29, 0.717) is 19.5 Å². The van der Waals surface area contributed by atoms with Crippen molar-refractivity contribution in [3.05, 3.63) is 47.5 Å². The monoisotopic (exact) mass is 399 g/mol. The third-order valence-electron chi connectivity index (χ3n) is 5.08. The Morgan fingerprint density at radius 1 is 1.07 bits per heavy atom. The number of aromatic nitrogens is 3. The first kappa shape index (κ1) is 19.0. The molecule has 2 fully saturated rings. The molecule has 1 saturated heterocycles. The fourth-order valence-corrected chi connectivity index (χ4v) is 3.60. The van der Waals surface area contributed by atoms with Crippen molar-refractivity contribution in [3.8, 4) is 0 Å². The van der Waals surface area contributed by atoms with E-state index in [-0.39, 0.29) is 30.1 Å². The van der Waals surface area contributed by atoms with Crippen LogP contribution in [0.2, 0.25) is 0 Å². The van der Waals surface area contributed by atoms with Crippen molar-refractivity contribution in [3.63, 3.8) is 0 Å². The number of alkyl halides is 3. The Labute approximate surface area is 158 Å². The van der Waals surface area contributed by atoms with Gasteiger partial charge < -0.3 is 4.90 Å². The molecule has 0 spiro atoms. The van der Waals surface area contributed by atoms with Gasteiger partial charge in [0.1, 0.15) is 17.3 Å². The molecule has 2 aromatic rings. The van der Waals surface area contributed by atoms with Crippen LogP contribution >= 0.6 is 0 Å². The third kappa shape index (κ3) is 3.91. The van der Waals surface area contributed by atoms with Gasteiger partial charge >= 0.3 is 6.18 Å². The molecular formula is C18H18F5N5. The molecule has 28 heavy (non-hydrogen) atoms. The summed E-state index contributed by atoms with van der Waals surface area (Å²) in [4.78, 5) is 15.0. The predicted molar refractivity (Wildman–Crippen MR) is 90.4 cm³/mol. The van der Waals surface area contributed by atoms with Gasteiger partial charge in [-0.3, -0.25) is 9.88 Å². The highest BCUT2D eigenvalue weighted by molar-refractivity contribution is 5.37. The highest BCUT2D eigenvalue weighted by Crippen LogP contribution is 2.36. The molecule has 1 aliphatic heterocycles. The normalized spacial score (nSPS) is 20.5. The van der Waals surface area contributed by atoms with E-state index >= 15 is 0 Å². The topological polar surface area (TPSA) is 45.2 Å². The zero-order chi connectivity index (χ0) is 19.9. The predicted octanol–water partition coefficient (Wildman–Crippen LogP) is 3.41. The van der Waals surface area contributed by atoms with Gasteiger partial charge in [-0.1, -0.05) is 0 Å². The fourth-order valence-electron chi connectivity index (χ4n) is 3.60. The summed E-state index contributed by atoms with van der Waals surface area (Å²) in [5, 5.41) is 0. The molecule has 10 heteroatoms. The summed E-state index contributed by atoms with van der Waals surface area (Å²) in [5.74, 6) is -1.35. The molecular weight excluding hydrogens is 381 g/mol. The Hall–Kier alpha value is -2.36.